The molecule has 1 N–H and O–H groups in total. The SMILES string of the molecule is [CH2-]C1([CH2-])C[C@@H](C(F)F)N(c2nc3c(c(-c4cc(O)cc5ccccc45)n2)CCC(C)(C)C3)C1.[Na+]. The third-order valence-corrected chi connectivity index (χ3v) is 6.98. The molecule has 0 amide bonds. The molecule has 2 aromatic carbocycles. The Kier molecular flexibility index (Phi) is 6.73. The van der Waals surface area contributed by atoms with Crippen LogP contribution < -0.4 is 34.5 Å². The van der Waals surface area contributed by atoms with E-state index in [2.05, 4.69) is 27.7 Å². The van der Waals surface area contributed by atoms with Crippen LogP contribution in [0.3, 0.4) is 0 Å². The van der Waals surface area contributed by atoms with Crippen LogP contribution in [0.4, 0.5) is 14.7 Å². The van der Waals surface area contributed by atoms with Crippen molar-refractivity contribution in [2.45, 2.75) is 52.0 Å². The van der Waals surface area contributed by atoms with E-state index < -0.39 is 17.9 Å². The monoisotopic (exact) mass is 472 g/mol. The number of aromatic nitrogens is 2. The van der Waals surface area contributed by atoms with Gasteiger partial charge in [-0.1, -0.05) is 44.5 Å². The summed E-state index contributed by atoms with van der Waals surface area (Å²) in [5.41, 5.74) is 2.78. The number of rotatable bonds is 3. The van der Waals surface area contributed by atoms with E-state index in [1.165, 1.54) is 0 Å². The molecule has 2 heterocycles. The fourth-order valence-corrected chi connectivity index (χ4v) is 5.31. The molecule has 174 valence electrons. The quantitative estimate of drug-likeness (QED) is 0.470. The standard InChI is InChI=1S/C27H29F2N3O.Na/c1-26(2)10-9-19-21(13-26)30-25(32-15-27(3,4)14-22(32)24(28)29)31-23(19)20-12-17(33)11-16-7-5-6-8-18(16)20;/h5-8,11-12,22,24,33H,3-4,9-10,13-15H2,1-2H3;/q-2;+1/t22-;/m0./s1. The summed E-state index contributed by atoms with van der Waals surface area (Å²) in [5, 5.41) is 12.3. The van der Waals surface area contributed by atoms with Crippen LogP contribution in [-0.4, -0.2) is 34.1 Å². The van der Waals surface area contributed by atoms with Crippen molar-refractivity contribution in [1.82, 2.24) is 9.97 Å². The van der Waals surface area contributed by atoms with Gasteiger partial charge in [-0.05, 0) is 54.1 Å². The Hall–Kier alpha value is -1.76. The number of hydrogen-bond donors (Lipinski definition) is 1. The van der Waals surface area contributed by atoms with Gasteiger partial charge in [0.2, 0.25) is 5.95 Å². The second-order valence-electron chi connectivity index (χ2n) is 10.6. The van der Waals surface area contributed by atoms with Gasteiger partial charge in [-0.25, -0.2) is 18.7 Å². The zero-order valence-corrected chi connectivity index (χ0v) is 22.1. The van der Waals surface area contributed by atoms with E-state index in [-0.39, 0.29) is 53.7 Å². The first-order chi connectivity index (χ1) is 15.5. The first-order valence-corrected chi connectivity index (χ1v) is 11.4. The molecule has 1 aromatic heterocycles. The molecule has 3 aromatic rings. The Morgan fingerprint density at radius 1 is 1.15 bits per heavy atom. The predicted octanol–water partition coefficient (Wildman–Crippen LogP) is 3.02. The van der Waals surface area contributed by atoms with E-state index in [1.807, 2.05) is 24.3 Å². The molecule has 1 saturated heterocycles. The molecular formula is C27H29F2N3NaO-. The average Bonchev–Trinajstić information content (AvgIpc) is 3.07. The largest absolute Gasteiger partial charge is 1.00 e. The molecule has 0 unspecified atom stereocenters. The normalized spacial score (nSPS) is 20.9. The maximum Gasteiger partial charge on any atom is 1.00 e. The Morgan fingerprint density at radius 3 is 2.62 bits per heavy atom. The molecule has 0 radical (unpaired) electrons. The minimum atomic E-state index is -2.54. The zero-order valence-electron chi connectivity index (χ0n) is 20.1. The van der Waals surface area contributed by atoms with Crippen molar-refractivity contribution in [3.63, 3.8) is 0 Å². The molecular weight excluding hydrogens is 443 g/mol. The number of fused-ring (bicyclic) bond motifs is 2. The van der Waals surface area contributed by atoms with Crippen molar-refractivity contribution in [3.05, 3.63) is 61.5 Å². The topological polar surface area (TPSA) is 49.2 Å². The van der Waals surface area contributed by atoms with Crippen molar-refractivity contribution < 1.29 is 43.4 Å². The van der Waals surface area contributed by atoms with E-state index in [0.717, 1.165) is 52.5 Å². The molecule has 0 bridgehead atoms. The molecule has 0 spiro atoms. The van der Waals surface area contributed by atoms with Gasteiger partial charge in [-0.15, -0.1) is 0 Å². The molecule has 7 heteroatoms. The van der Waals surface area contributed by atoms with E-state index in [0.29, 0.717) is 5.95 Å². The summed E-state index contributed by atoms with van der Waals surface area (Å²) in [6.07, 6.45) is 0.165. The fourth-order valence-electron chi connectivity index (χ4n) is 5.31. The van der Waals surface area contributed by atoms with Crippen LogP contribution in [0.1, 0.15) is 37.9 Å². The minimum absolute atomic E-state index is 0. The van der Waals surface area contributed by atoms with Crippen molar-refractivity contribution >= 4 is 16.7 Å². The molecule has 1 atom stereocenters. The van der Waals surface area contributed by atoms with Gasteiger partial charge in [0.1, 0.15) is 5.75 Å². The number of aromatic hydroxyl groups is 1. The predicted molar refractivity (Wildman–Crippen MR) is 127 cm³/mol. The number of nitrogens with zero attached hydrogens (tertiary/aromatic N) is 3. The molecule has 5 rings (SSSR count). The molecule has 1 aliphatic heterocycles. The van der Waals surface area contributed by atoms with Gasteiger partial charge >= 0.3 is 29.6 Å². The average molecular weight is 473 g/mol. The molecule has 0 saturated carbocycles. The van der Waals surface area contributed by atoms with Gasteiger partial charge in [0.25, 0.3) is 6.43 Å². The summed E-state index contributed by atoms with van der Waals surface area (Å²) in [6, 6.07) is 10.2. The molecule has 34 heavy (non-hydrogen) atoms. The Bertz CT molecular complexity index is 1230. The first-order valence-electron chi connectivity index (χ1n) is 11.4. The Morgan fingerprint density at radius 2 is 1.88 bits per heavy atom. The summed E-state index contributed by atoms with van der Waals surface area (Å²) in [5.74, 6) is 0.447. The zero-order chi connectivity index (χ0) is 23.5. The van der Waals surface area contributed by atoms with Crippen LogP contribution in [0.25, 0.3) is 22.0 Å². The van der Waals surface area contributed by atoms with Crippen LogP contribution >= 0.6 is 0 Å². The summed E-state index contributed by atoms with van der Waals surface area (Å²) in [6.45, 7) is 12.8. The van der Waals surface area contributed by atoms with Crippen LogP contribution in [0.2, 0.25) is 0 Å². The second kappa shape index (κ2) is 9.03. The Balaban J connectivity index is 0.00000274. The van der Waals surface area contributed by atoms with E-state index >= 15 is 0 Å². The number of phenols is 1. The van der Waals surface area contributed by atoms with E-state index in [9.17, 15) is 13.9 Å². The molecule has 1 fully saturated rings. The maximum absolute atomic E-state index is 14.0. The summed E-state index contributed by atoms with van der Waals surface area (Å²) in [4.78, 5) is 11.3. The summed E-state index contributed by atoms with van der Waals surface area (Å²) in [7, 11) is 0. The molecule has 2 aliphatic rings. The summed E-state index contributed by atoms with van der Waals surface area (Å²) >= 11 is 0. The second-order valence-corrected chi connectivity index (χ2v) is 10.6. The van der Waals surface area contributed by atoms with Gasteiger partial charge in [0.15, 0.2) is 0 Å². The third kappa shape index (κ3) is 4.69. The number of phenolic OH excluding ortho intramolecular Hbond substituents is 1. The van der Waals surface area contributed by atoms with Crippen molar-refractivity contribution in [2.24, 2.45) is 10.8 Å². The molecule has 4 nitrogen and oxygen atoms in total. The third-order valence-electron chi connectivity index (χ3n) is 6.98. The number of anilines is 1. The number of alkyl halides is 2. The van der Waals surface area contributed by atoms with Crippen LogP contribution in [0, 0.1) is 24.7 Å². The van der Waals surface area contributed by atoms with E-state index in [4.69, 9.17) is 9.97 Å². The van der Waals surface area contributed by atoms with Gasteiger partial charge in [-0.3, -0.25) is 5.41 Å². The van der Waals surface area contributed by atoms with Crippen LogP contribution in [0.15, 0.2) is 36.4 Å². The maximum atomic E-state index is 14.0. The van der Waals surface area contributed by atoms with Crippen molar-refractivity contribution in [3.8, 4) is 17.0 Å². The van der Waals surface area contributed by atoms with Gasteiger partial charge in [-0.2, -0.15) is 0 Å². The summed E-state index contributed by atoms with van der Waals surface area (Å²) < 4.78 is 28.0. The number of halogens is 2. The smallest absolute Gasteiger partial charge is 0.508 e. The molecule has 1 aliphatic carbocycles. The van der Waals surface area contributed by atoms with Crippen molar-refractivity contribution in [1.29, 1.82) is 0 Å². The number of benzene rings is 2. The van der Waals surface area contributed by atoms with Gasteiger partial charge in [0.05, 0.1) is 17.4 Å². The van der Waals surface area contributed by atoms with E-state index in [1.54, 1.807) is 17.0 Å². The minimum Gasteiger partial charge on any atom is -0.508 e. The fraction of sp³-hybridized carbons (Fsp3) is 0.407. The van der Waals surface area contributed by atoms with Gasteiger partial charge in [0, 0.05) is 11.1 Å². The van der Waals surface area contributed by atoms with Crippen LogP contribution in [-0.2, 0) is 12.8 Å². The van der Waals surface area contributed by atoms with Crippen molar-refractivity contribution in [2.75, 3.05) is 11.4 Å². The Labute approximate surface area is 222 Å². The number of hydrogen-bond acceptors (Lipinski definition) is 4. The van der Waals surface area contributed by atoms with Gasteiger partial charge < -0.3 is 23.9 Å². The first kappa shape index (κ1) is 25.3. The van der Waals surface area contributed by atoms with Crippen LogP contribution in [0.5, 0.6) is 5.75 Å².